The number of ether oxygens (including phenoxy) is 3. The zero-order chi connectivity index (χ0) is 13.7. The van der Waals surface area contributed by atoms with E-state index in [0.29, 0.717) is 11.5 Å². The molecule has 0 radical (unpaired) electrons. The molecule has 1 unspecified atom stereocenters. The molecule has 0 bridgehead atoms. The number of carbonyl (C=O) groups is 1. The average Bonchev–Trinajstić information content (AvgIpc) is 2.37. The smallest absolute Gasteiger partial charge is 0.346 e. The number of esters is 1. The molecule has 0 aliphatic heterocycles. The zero-order valence-electron chi connectivity index (χ0n) is 11.1. The Morgan fingerprint density at radius 1 is 1.28 bits per heavy atom. The molecule has 0 saturated carbocycles. The van der Waals surface area contributed by atoms with Crippen molar-refractivity contribution >= 4 is 5.97 Å². The summed E-state index contributed by atoms with van der Waals surface area (Å²) in [6, 6.07) is 5.13. The Morgan fingerprint density at radius 2 is 1.94 bits per heavy atom. The molecule has 2 atom stereocenters. The molecule has 5 nitrogen and oxygen atoms in total. The Hall–Kier alpha value is -1.75. The minimum atomic E-state index is -0.695. The van der Waals surface area contributed by atoms with Crippen LogP contribution in [0, 0.1) is 0 Å². The van der Waals surface area contributed by atoms with Gasteiger partial charge in [-0.3, -0.25) is 0 Å². The Balaban J connectivity index is 3.00. The molecular formula is C13H19NO4. The van der Waals surface area contributed by atoms with Crippen molar-refractivity contribution in [2.75, 3.05) is 14.2 Å². The van der Waals surface area contributed by atoms with Crippen LogP contribution in [-0.4, -0.2) is 26.3 Å². The number of carbonyl (C=O) groups excluding carboxylic acids is 1. The topological polar surface area (TPSA) is 70.8 Å². The molecule has 0 aliphatic rings. The molecule has 1 rings (SSSR count). The highest BCUT2D eigenvalue weighted by Crippen LogP contribution is 2.29. The lowest BCUT2D eigenvalue weighted by molar-refractivity contribution is -0.147. The SMILES string of the molecule is COC(=O)C(C)Oc1cc(OC)ccc1[C@@H](C)N. The first-order valence-corrected chi connectivity index (χ1v) is 5.67. The van der Waals surface area contributed by atoms with Crippen molar-refractivity contribution < 1.29 is 19.0 Å². The van der Waals surface area contributed by atoms with Gasteiger partial charge in [-0.15, -0.1) is 0 Å². The van der Waals surface area contributed by atoms with E-state index in [1.54, 1.807) is 26.2 Å². The van der Waals surface area contributed by atoms with Gasteiger partial charge in [0, 0.05) is 17.7 Å². The monoisotopic (exact) mass is 253 g/mol. The van der Waals surface area contributed by atoms with Gasteiger partial charge in [-0.25, -0.2) is 4.79 Å². The van der Waals surface area contributed by atoms with Crippen LogP contribution >= 0.6 is 0 Å². The van der Waals surface area contributed by atoms with Crippen molar-refractivity contribution in [3.63, 3.8) is 0 Å². The molecule has 0 aliphatic carbocycles. The van der Waals surface area contributed by atoms with Crippen molar-refractivity contribution in [1.82, 2.24) is 0 Å². The third-order valence-corrected chi connectivity index (χ3v) is 2.55. The molecule has 5 heteroatoms. The molecule has 18 heavy (non-hydrogen) atoms. The Bertz CT molecular complexity index is 417. The fourth-order valence-electron chi connectivity index (χ4n) is 1.52. The van der Waals surface area contributed by atoms with Gasteiger partial charge < -0.3 is 19.9 Å². The van der Waals surface area contributed by atoms with E-state index in [9.17, 15) is 4.79 Å². The minimum Gasteiger partial charge on any atom is -0.497 e. The van der Waals surface area contributed by atoms with Gasteiger partial charge in [0.05, 0.1) is 14.2 Å². The van der Waals surface area contributed by atoms with Crippen molar-refractivity contribution in [3.8, 4) is 11.5 Å². The van der Waals surface area contributed by atoms with Crippen LogP contribution in [-0.2, 0) is 9.53 Å². The van der Waals surface area contributed by atoms with Gasteiger partial charge in [-0.2, -0.15) is 0 Å². The second kappa shape index (κ2) is 6.26. The first-order valence-electron chi connectivity index (χ1n) is 5.67. The highest BCUT2D eigenvalue weighted by molar-refractivity contribution is 5.74. The lowest BCUT2D eigenvalue weighted by Gasteiger charge is -2.18. The summed E-state index contributed by atoms with van der Waals surface area (Å²) < 4.78 is 15.3. The molecule has 1 aromatic carbocycles. The molecule has 0 fully saturated rings. The predicted octanol–water partition coefficient (Wildman–Crippen LogP) is 1.66. The largest absolute Gasteiger partial charge is 0.497 e. The van der Waals surface area contributed by atoms with Gasteiger partial charge in [0.1, 0.15) is 11.5 Å². The molecule has 1 aromatic rings. The summed E-state index contributed by atoms with van der Waals surface area (Å²) in [5.74, 6) is 0.738. The summed E-state index contributed by atoms with van der Waals surface area (Å²) in [4.78, 5) is 11.3. The van der Waals surface area contributed by atoms with Gasteiger partial charge in [0.2, 0.25) is 0 Å². The number of nitrogens with two attached hydrogens (primary N) is 1. The van der Waals surface area contributed by atoms with Crippen molar-refractivity contribution in [1.29, 1.82) is 0 Å². The van der Waals surface area contributed by atoms with E-state index in [4.69, 9.17) is 15.2 Å². The fraction of sp³-hybridized carbons (Fsp3) is 0.462. The first-order chi connectivity index (χ1) is 8.49. The van der Waals surface area contributed by atoms with E-state index in [1.165, 1.54) is 7.11 Å². The third kappa shape index (κ3) is 3.37. The summed E-state index contributed by atoms with van der Waals surface area (Å²) in [6.45, 7) is 3.47. The molecule has 0 amide bonds. The van der Waals surface area contributed by atoms with E-state index in [0.717, 1.165) is 5.56 Å². The Morgan fingerprint density at radius 3 is 2.44 bits per heavy atom. The summed E-state index contributed by atoms with van der Waals surface area (Å²) in [5, 5.41) is 0. The van der Waals surface area contributed by atoms with E-state index < -0.39 is 12.1 Å². The van der Waals surface area contributed by atoms with Crippen LogP contribution in [0.5, 0.6) is 11.5 Å². The van der Waals surface area contributed by atoms with Gasteiger partial charge in [0.15, 0.2) is 6.10 Å². The highest BCUT2D eigenvalue weighted by Gasteiger charge is 2.18. The van der Waals surface area contributed by atoms with Gasteiger partial charge in [-0.1, -0.05) is 6.07 Å². The van der Waals surface area contributed by atoms with Crippen LogP contribution in [0.2, 0.25) is 0 Å². The van der Waals surface area contributed by atoms with E-state index in [-0.39, 0.29) is 6.04 Å². The first kappa shape index (κ1) is 14.3. The van der Waals surface area contributed by atoms with Gasteiger partial charge in [0.25, 0.3) is 0 Å². The maximum Gasteiger partial charge on any atom is 0.346 e. The number of methoxy groups -OCH3 is 2. The summed E-state index contributed by atoms with van der Waals surface area (Å²) >= 11 is 0. The molecular weight excluding hydrogens is 234 g/mol. The van der Waals surface area contributed by atoms with Crippen LogP contribution in [0.3, 0.4) is 0 Å². The second-order valence-electron chi connectivity index (χ2n) is 3.98. The number of hydrogen-bond acceptors (Lipinski definition) is 5. The normalized spacial score (nSPS) is 13.6. The molecule has 2 N–H and O–H groups in total. The number of hydrogen-bond donors (Lipinski definition) is 1. The van der Waals surface area contributed by atoms with E-state index >= 15 is 0 Å². The molecule has 0 heterocycles. The number of rotatable bonds is 5. The quantitative estimate of drug-likeness (QED) is 0.808. The molecule has 0 saturated heterocycles. The van der Waals surface area contributed by atoms with Crippen LogP contribution < -0.4 is 15.2 Å². The average molecular weight is 253 g/mol. The third-order valence-electron chi connectivity index (χ3n) is 2.55. The van der Waals surface area contributed by atoms with Crippen LogP contribution in [0.15, 0.2) is 18.2 Å². The number of benzene rings is 1. The van der Waals surface area contributed by atoms with Crippen molar-refractivity contribution in [3.05, 3.63) is 23.8 Å². The van der Waals surface area contributed by atoms with Crippen molar-refractivity contribution in [2.24, 2.45) is 5.73 Å². The fourth-order valence-corrected chi connectivity index (χ4v) is 1.52. The minimum absolute atomic E-state index is 0.198. The summed E-state index contributed by atoms with van der Waals surface area (Å²) in [5.41, 5.74) is 6.67. The standard InChI is InChI=1S/C13H19NO4/c1-8(14)11-6-5-10(16-3)7-12(11)18-9(2)13(15)17-4/h5-9H,14H2,1-4H3/t8-,9?/m1/s1. The zero-order valence-corrected chi connectivity index (χ0v) is 11.1. The second-order valence-corrected chi connectivity index (χ2v) is 3.98. The van der Waals surface area contributed by atoms with Crippen molar-refractivity contribution in [2.45, 2.75) is 26.0 Å². The Kier molecular flexibility index (Phi) is 4.97. The van der Waals surface area contributed by atoms with Crippen LogP contribution in [0.4, 0.5) is 0 Å². The summed E-state index contributed by atoms with van der Waals surface area (Å²) in [6.07, 6.45) is -0.695. The van der Waals surface area contributed by atoms with Crippen LogP contribution in [0.1, 0.15) is 25.5 Å². The van der Waals surface area contributed by atoms with Gasteiger partial charge >= 0.3 is 5.97 Å². The lowest BCUT2D eigenvalue weighted by Crippen LogP contribution is -2.25. The summed E-state index contributed by atoms with van der Waals surface area (Å²) in [7, 11) is 2.88. The molecule has 0 aromatic heterocycles. The van der Waals surface area contributed by atoms with E-state index in [2.05, 4.69) is 4.74 Å². The molecule has 0 spiro atoms. The predicted molar refractivity (Wildman–Crippen MR) is 67.7 cm³/mol. The lowest BCUT2D eigenvalue weighted by atomic mass is 10.1. The van der Waals surface area contributed by atoms with Gasteiger partial charge in [-0.05, 0) is 19.9 Å². The van der Waals surface area contributed by atoms with Crippen LogP contribution in [0.25, 0.3) is 0 Å². The maximum absolute atomic E-state index is 11.3. The molecule has 100 valence electrons. The highest BCUT2D eigenvalue weighted by atomic mass is 16.6. The maximum atomic E-state index is 11.3. The van der Waals surface area contributed by atoms with E-state index in [1.807, 2.05) is 13.0 Å². The Labute approximate surface area is 107 Å².